The molecule has 1 aliphatic rings. The van der Waals surface area contributed by atoms with Gasteiger partial charge in [0, 0.05) is 32.7 Å². The first-order valence-electron chi connectivity index (χ1n) is 10.6. The molecule has 0 fully saturated rings. The molecule has 0 spiro atoms. The molecule has 1 unspecified atom stereocenters. The summed E-state index contributed by atoms with van der Waals surface area (Å²) in [6.45, 7) is 7.84. The number of benzene rings is 2. The van der Waals surface area contributed by atoms with E-state index in [1.807, 2.05) is 24.3 Å². The van der Waals surface area contributed by atoms with Gasteiger partial charge in [0.25, 0.3) is 0 Å². The molecule has 0 amide bonds. The maximum Gasteiger partial charge on any atom is 0.333 e. The van der Waals surface area contributed by atoms with E-state index in [-0.39, 0.29) is 0 Å². The molecule has 0 aliphatic carbocycles. The Bertz CT molecular complexity index is 860. The van der Waals surface area contributed by atoms with Crippen LogP contribution in [0.4, 0.5) is 0 Å². The van der Waals surface area contributed by atoms with E-state index in [4.69, 9.17) is 9.47 Å². The van der Waals surface area contributed by atoms with Crippen LogP contribution in [-0.4, -0.2) is 54.9 Å². The molecule has 2 aromatic carbocycles. The van der Waals surface area contributed by atoms with Crippen molar-refractivity contribution >= 4 is 11.5 Å². The SMILES string of the molecule is CCOC(Cc1ccc(OCCN2CC=C(c3ccccc3C)CC2)cc1)C(=O)O. The second-order valence-electron chi connectivity index (χ2n) is 7.57. The van der Waals surface area contributed by atoms with Crippen molar-refractivity contribution in [1.29, 1.82) is 0 Å². The molecule has 0 saturated carbocycles. The number of carboxylic acids is 1. The lowest BCUT2D eigenvalue weighted by molar-refractivity contribution is -0.149. The lowest BCUT2D eigenvalue weighted by atomic mass is 9.96. The molecule has 1 N–H and O–H groups in total. The fraction of sp³-hybridized carbons (Fsp3) is 0.400. The summed E-state index contributed by atoms with van der Waals surface area (Å²) in [4.78, 5) is 13.6. The highest BCUT2D eigenvalue weighted by molar-refractivity contribution is 5.72. The van der Waals surface area contributed by atoms with Crippen molar-refractivity contribution in [2.24, 2.45) is 0 Å². The van der Waals surface area contributed by atoms with Gasteiger partial charge in [-0.2, -0.15) is 0 Å². The summed E-state index contributed by atoms with van der Waals surface area (Å²) in [5.41, 5.74) is 5.06. The van der Waals surface area contributed by atoms with E-state index in [2.05, 4.69) is 42.2 Å². The van der Waals surface area contributed by atoms with Crippen molar-refractivity contribution in [3.05, 3.63) is 71.3 Å². The first-order valence-corrected chi connectivity index (χ1v) is 10.6. The van der Waals surface area contributed by atoms with Crippen molar-refractivity contribution in [3.8, 4) is 5.75 Å². The Kier molecular flexibility index (Phi) is 8.05. The molecule has 0 aromatic heterocycles. The Labute approximate surface area is 178 Å². The van der Waals surface area contributed by atoms with Crippen LogP contribution in [0.15, 0.2) is 54.6 Å². The molecule has 160 valence electrons. The normalized spacial score (nSPS) is 15.5. The average molecular weight is 410 g/mol. The Balaban J connectivity index is 1.44. The first-order chi connectivity index (χ1) is 14.6. The van der Waals surface area contributed by atoms with Gasteiger partial charge >= 0.3 is 5.97 Å². The van der Waals surface area contributed by atoms with Crippen molar-refractivity contribution in [3.63, 3.8) is 0 Å². The Morgan fingerprint density at radius 3 is 2.57 bits per heavy atom. The third-order valence-corrected chi connectivity index (χ3v) is 5.45. The first kappa shape index (κ1) is 22.1. The highest BCUT2D eigenvalue weighted by atomic mass is 16.5. The van der Waals surface area contributed by atoms with Crippen LogP contribution in [0.3, 0.4) is 0 Å². The number of hydrogen-bond donors (Lipinski definition) is 1. The van der Waals surface area contributed by atoms with Gasteiger partial charge in [0.1, 0.15) is 12.4 Å². The molecule has 0 bridgehead atoms. The highest BCUT2D eigenvalue weighted by Crippen LogP contribution is 2.25. The molecule has 30 heavy (non-hydrogen) atoms. The number of aryl methyl sites for hydroxylation is 1. The summed E-state index contributed by atoms with van der Waals surface area (Å²) in [6, 6.07) is 16.2. The Morgan fingerprint density at radius 1 is 1.17 bits per heavy atom. The maximum absolute atomic E-state index is 11.2. The highest BCUT2D eigenvalue weighted by Gasteiger charge is 2.18. The predicted octanol–water partition coefficient (Wildman–Crippen LogP) is 4.20. The van der Waals surface area contributed by atoms with Gasteiger partial charge in [0.2, 0.25) is 0 Å². The van der Waals surface area contributed by atoms with E-state index in [9.17, 15) is 9.90 Å². The van der Waals surface area contributed by atoms with Gasteiger partial charge in [0.15, 0.2) is 6.10 Å². The number of nitrogens with zero attached hydrogens (tertiary/aromatic N) is 1. The molecule has 2 aromatic rings. The summed E-state index contributed by atoms with van der Waals surface area (Å²) in [5, 5.41) is 9.20. The largest absolute Gasteiger partial charge is 0.492 e. The van der Waals surface area contributed by atoms with E-state index >= 15 is 0 Å². The molecule has 0 radical (unpaired) electrons. The van der Waals surface area contributed by atoms with Gasteiger partial charge in [-0.05, 0) is 54.7 Å². The van der Waals surface area contributed by atoms with Gasteiger partial charge in [-0.3, -0.25) is 4.90 Å². The number of aliphatic carboxylic acids is 1. The summed E-state index contributed by atoms with van der Waals surface area (Å²) >= 11 is 0. The van der Waals surface area contributed by atoms with Crippen LogP contribution < -0.4 is 4.74 Å². The standard InChI is InChI=1S/C25H31NO4/c1-3-29-24(25(27)28)18-20-8-10-22(11-9-20)30-17-16-26-14-12-21(13-15-26)23-7-5-4-6-19(23)2/h4-12,24H,3,13-18H2,1-2H3,(H,27,28). The molecule has 1 heterocycles. The summed E-state index contributed by atoms with van der Waals surface area (Å²) in [7, 11) is 0. The van der Waals surface area contributed by atoms with Crippen LogP contribution in [0.2, 0.25) is 0 Å². The summed E-state index contributed by atoms with van der Waals surface area (Å²) < 4.78 is 11.2. The smallest absolute Gasteiger partial charge is 0.333 e. The number of carbonyl (C=O) groups is 1. The van der Waals surface area contributed by atoms with Crippen LogP contribution >= 0.6 is 0 Å². The number of hydrogen-bond acceptors (Lipinski definition) is 4. The quantitative estimate of drug-likeness (QED) is 0.637. The molecule has 1 aliphatic heterocycles. The topological polar surface area (TPSA) is 59.0 Å². The minimum atomic E-state index is -0.932. The van der Waals surface area contributed by atoms with Crippen LogP contribution in [0.5, 0.6) is 5.75 Å². The van der Waals surface area contributed by atoms with Crippen molar-refractivity contribution in [2.45, 2.75) is 32.8 Å². The zero-order chi connectivity index (χ0) is 21.3. The van der Waals surface area contributed by atoms with Gasteiger partial charge in [0.05, 0.1) is 0 Å². The number of ether oxygens (including phenoxy) is 2. The van der Waals surface area contributed by atoms with E-state index in [1.54, 1.807) is 6.92 Å². The van der Waals surface area contributed by atoms with Gasteiger partial charge < -0.3 is 14.6 Å². The van der Waals surface area contributed by atoms with E-state index in [1.165, 1.54) is 16.7 Å². The summed E-state index contributed by atoms with van der Waals surface area (Å²) in [6.07, 6.45) is 2.94. The second kappa shape index (κ2) is 11.0. The number of carboxylic acid groups (broad SMARTS) is 1. The predicted molar refractivity (Wildman–Crippen MR) is 119 cm³/mol. The lowest BCUT2D eigenvalue weighted by Crippen LogP contribution is -2.32. The second-order valence-corrected chi connectivity index (χ2v) is 7.57. The number of rotatable bonds is 10. The Hall–Kier alpha value is -2.63. The van der Waals surface area contributed by atoms with Gasteiger partial charge in [-0.15, -0.1) is 0 Å². The average Bonchev–Trinajstić information content (AvgIpc) is 2.75. The van der Waals surface area contributed by atoms with Crippen LogP contribution in [0.1, 0.15) is 30.0 Å². The van der Waals surface area contributed by atoms with E-state index < -0.39 is 12.1 Å². The van der Waals surface area contributed by atoms with Gasteiger partial charge in [-0.25, -0.2) is 4.79 Å². The van der Waals surface area contributed by atoms with E-state index in [0.29, 0.717) is 19.6 Å². The maximum atomic E-state index is 11.2. The van der Waals surface area contributed by atoms with Crippen LogP contribution in [-0.2, 0) is 16.0 Å². The third kappa shape index (κ3) is 6.18. The minimum absolute atomic E-state index is 0.354. The fourth-order valence-corrected chi connectivity index (χ4v) is 3.74. The molecule has 3 rings (SSSR count). The van der Waals surface area contributed by atoms with E-state index in [0.717, 1.165) is 37.4 Å². The molecule has 5 heteroatoms. The minimum Gasteiger partial charge on any atom is -0.492 e. The zero-order valence-electron chi connectivity index (χ0n) is 17.8. The Morgan fingerprint density at radius 2 is 1.93 bits per heavy atom. The molecule has 0 saturated heterocycles. The summed E-state index contributed by atoms with van der Waals surface area (Å²) in [5.74, 6) is -0.131. The lowest BCUT2D eigenvalue weighted by Gasteiger charge is -2.27. The van der Waals surface area contributed by atoms with Crippen molar-refractivity contribution < 1.29 is 19.4 Å². The molecular formula is C25H31NO4. The molecule has 1 atom stereocenters. The van der Waals surface area contributed by atoms with Crippen LogP contribution in [0.25, 0.3) is 5.57 Å². The zero-order valence-corrected chi connectivity index (χ0v) is 17.8. The van der Waals surface area contributed by atoms with Crippen LogP contribution in [0, 0.1) is 6.92 Å². The molecule has 5 nitrogen and oxygen atoms in total. The third-order valence-electron chi connectivity index (χ3n) is 5.45. The monoisotopic (exact) mass is 409 g/mol. The van der Waals surface area contributed by atoms with Gasteiger partial charge in [-0.1, -0.05) is 42.5 Å². The fourth-order valence-electron chi connectivity index (χ4n) is 3.74. The van der Waals surface area contributed by atoms with Crippen molar-refractivity contribution in [1.82, 2.24) is 4.90 Å². The molecular weight excluding hydrogens is 378 g/mol. The van der Waals surface area contributed by atoms with Crippen molar-refractivity contribution in [2.75, 3.05) is 32.8 Å².